The van der Waals surface area contributed by atoms with Crippen molar-refractivity contribution in [2.45, 2.75) is 18.9 Å². The van der Waals surface area contributed by atoms with Crippen LogP contribution in [0.1, 0.15) is 16.8 Å². The smallest absolute Gasteiger partial charge is 0.249 e. The van der Waals surface area contributed by atoms with Gasteiger partial charge in [-0.2, -0.15) is 0 Å². The molecule has 168 valence electrons. The molecule has 33 heavy (non-hydrogen) atoms. The predicted octanol–water partition coefficient (Wildman–Crippen LogP) is 3.39. The fourth-order valence-electron chi connectivity index (χ4n) is 3.64. The summed E-state index contributed by atoms with van der Waals surface area (Å²) in [4.78, 5) is 32.1. The first-order chi connectivity index (χ1) is 16.0. The van der Waals surface area contributed by atoms with Crippen LogP contribution in [0.5, 0.6) is 11.5 Å². The van der Waals surface area contributed by atoms with E-state index in [1.54, 1.807) is 43.6 Å². The van der Waals surface area contributed by atoms with Gasteiger partial charge in [-0.3, -0.25) is 14.6 Å². The average molecular weight is 444 g/mol. The second-order valence-corrected chi connectivity index (χ2v) is 7.71. The Morgan fingerprint density at radius 3 is 2.70 bits per heavy atom. The molecule has 3 aromatic rings. The van der Waals surface area contributed by atoms with Crippen molar-refractivity contribution in [2.24, 2.45) is 0 Å². The zero-order chi connectivity index (χ0) is 23.2. The van der Waals surface area contributed by atoms with Gasteiger partial charge >= 0.3 is 0 Å². The van der Waals surface area contributed by atoms with E-state index in [-0.39, 0.29) is 25.0 Å². The molecule has 0 bridgehead atoms. The molecule has 7 heteroatoms. The molecule has 0 fully saturated rings. The van der Waals surface area contributed by atoms with Gasteiger partial charge in [0, 0.05) is 31.4 Å². The Kier molecular flexibility index (Phi) is 6.69. The first-order valence-corrected chi connectivity index (χ1v) is 10.6. The van der Waals surface area contributed by atoms with Crippen molar-refractivity contribution in [3.63, 3.8) is 0 Å². The number of ether oxygens (including phenoxy) is 2. The van der Waals surface area contributed by atoms with E-state index in [2.05, 4.69) is 16.9 Å². The molecule has 2 aromatic carbocycles. The number of pyridine rings is 1. The van der Waals surface area contributed by atoms with E-state index < -0.39 is 6.04 Å². The number of aromatic nitrogens is 1. The first kappa shape index (κ1) is 22.1. The number of carbonyl (C=O) groups is 2. The van der Waals surface area contributed by atoms with Crippen molar-refractivity contribution in [2.75, 3.05) is 18.7 Å². The summed E-state index contributed by atoms with van der Waals surface area (Å²) in [5.41, 5.74) is 3.09. The maximum atomic E-state index is 13.4. The molecule has 0 spiro atoms. The third-order valence-corrected chi connectivity index (χ3v) is 5.41. The predicted molar refractivity (Wildman–Crippen MR) is 126 cm³/mol. The number of hydrogen-bond acceptors (Lipinski definition) is 5. The third-order valence-electron chi connectivity index (χ3n) is 5.41. The van der Waals surface area contributed by atoms with Crippen LogP contribution in [0.25, 0.3) is 6.08 Å². The Hall–Kier alpha value is -4.13. The van der Waals surface area contributed by atoms with Gasteiger partial charge in [-0.1, -0.05) is 43.0 Å². The van der Waals surface area contributed by atoms with E-state index >= 15 is 0 Å². The van der Waals surface area contributed by atoms with Gasteiger partial charge in [0.05, 0.1) is 12.1 Å². The van der Waals surface area contributed by atoms with Crippen molar-refractivity contribution >= 4 is 23.6 Å². The molecule has 0 aliphatic carbocycles. The Labute approximate surface area is 192 Å². The van der Waals surface area contributed by atoms with Crippen LogP contribution < -0.4 is 19.7 Å². The van der Waals surface area contributed by atoms with Gasteiger partial charge in [-0.15, -0.1) is 0 Å². The van der Waals surface area contributed by atoms with Crippen LogP contribution in [0.2, 0.25) is 0 Å². The molecule has 0 radical (unpaired) electrons. The SMILES string of the molecule is C=Cc1ccnc(CC(=O)N[C@@H](Cc2ccccc2)C(=O)N(C)c2ccc3c(c2)OCO3)c1. The van der Waals surface area contributed by atoms with Crippen molar-refractivity contribution in [1.29, 1.82) is 0 Å². The molecule has 4 rings (SSSR count). The van der Waals surface area contributed by atoms with Crippen molar-refractivity contribution in [3.05, 3.63) is 90.3 Å². The van der Waals surface area contributed by atoms with Crippen molar-refractivity contribution < 1.29 is 19.1 Å². The highest BCUT2D eigenvalue weighted by Crippen LogP contribution is 2.35. The van der Waals surface area contributed by atoms with Gasteiger partial charge < -0.3 is 19.7 Å². The van der Waals surface area contributed by atoms with Crippen LogP contribution in [-0.4, -0.2) is 36.7 Å². The van der Waals surface area contributed by atoms with E-state index in [1.807, 2.05) is 36.4 Å². The van der Waals surface area contributed by atoms with Gasteiger partial charge in [0.15, 0.2) is 11.5 Å². The van der Waals surface area contributed by atoms with Crippen LogP contribution in [0.3, 0.4) is 0 Å². The van der Waals surface area contributed by atoms with E-state index in [1.165, 1.54) is 4.90 Å². The largest absolute Gasteiger partial charge is 0.454 e. The summed E-state index contributed by atoms with van der Waals surface area (Å²) < 4.78 is 10.8. The molecular formula is C26H25N3O4. The lowest BCUT2D eigenvalue weighted by atomic mass is 10.0. The molecule has 1 aliphatic rings. The van der Waals surface area contributed by atoms with Crippen molar-refractivity contribution in [1.82, 2.24) is 10.3 Å². The van der Waals surface area contributed by atoms with E-state index in [0.717, 1.165) is 11.1 Å². The summed E-state index contributed by atoms with van der Waals surface area (Å²) in [5, 5.41) is 2.90. The lowest BCUT2D eigenvalue weighted by Crippen LogP contribution is -2.49. The summed E-state index contributed by atoms with van der Waals surface area (Å²) in [6.07, 6.45) is 3.76. The Bertz CT molecular complexity index is 1160. The van der Waals surface area contributed by atoms with E-state index in [9.17, 15) is 9.59 Å². The molecule has 2 amide bonds. The van der Waals surface area contributed by atoms with Gasteiger partial charge in [0.1, 0.15) is 6.04 Å². The molecule has 0 unspecified atom stereocenters. The van der Waals surface area contributed by atoms with Crippen molar-refractivity contribution in [3.8, 4) is 11.5 Å². The monoisotopic (exact) mass is 443 g/mol. The molecule has 1 atom stereocenters. The second kappa shape index (κ2) is 9.99. The van der Waals surface area contributed by atoms with Gasteiger partial charge in [0.2, 0.25) is 18.6 Å². The van der Waals surface area contributed by atoms with Crippen LogP contribution >= 0.6 is 0 Å². The van der Waals surface area contributed by atoms with E-state index in [4.69, 9.17) is 9.47 Å². The molecule has 1 aromatic heterocycles. The number of benzene rings is 2. The number of carbonyl (C=O) groups excluding carboxylic acids is 2. The summed E-state index contributed by atoms with van der Waals surface area (Å²) in [6, 6.07) is 17.8. The highest BCUT2D eigenvalue weighted by Gasteiger charge is 2.26. The fraction of sp³-hybridized carbons (Fsp3) is 0.192. The minimum atomic E-state index is -0.752. The quantitative estimate of drug-likeness (QED) is 0.577. The Morgan fingerprint density at radius 2 is 1.91 bits per heavy atom. The summed E-state index contributed by atoms with van der Waals surface area (Å²) in [7, 11) is 1.68. The van der Waals surface area contributed by atoms with Crippen LogP contribution in [0.4, 0.5) is 5.69 Å². The van der Waals surface area contributed by atoms with Gasteiger partial charge in [-0.25, -0.2) is 0 Å². The topological polar surface area (TPSA) is 80.8 Å². The molecule has 0 saturated heterocycles. The molecule has 1 N–H and O–H groups in total. The highest BCUT2D eigenvalue weighted by molar-refractivity contribution is 5.99. The molecular weight excluding hydrogens is 418 g/mol. The first-order valence-electron chi connectivity index (χ1n) is 10.6. The van der Waals surface area contributed by atoms with Gasteiger partial charge in [0.25, 0.3) is 0 Å². The number of likely N-dealkylation sites (N-methyl/N-ethyl adjacent to an activating group) is 1. The minimum Gasteiger partial charge on any atom is -0.454 e. The number of fused-ring (bicyclic) bond motifs is 1. The maximum Gasteiger partial charge on any atom is 0.249 e. The number of hydrogen-bond donors (Lipinski definition) is 1. The third kappa shape index (κ3) is 5.38. The number of nitrogens with zero attached hydrogens (tertiary/aromatic N) is 2. The number of nitrogens with one attached hydrogen (secondary N) is 1. The summed E-state index contributed by atoms with van der Waals surface area (Å²) in [6.45, 7) is 3.90. The summed E-state index contributed by atoms with van der Waals surface area (Å²) >= 11 is 0. The molecule has 0 saturated carbocycles. The van der Waals surface area contributed by atoms with Gasteiger partial charge in [-0.05, 0) is 35.4 Å². The lowest BCUT2D eigenvalue weighted by Gasteiger charge is -2.25. The number of anilines is 1. The standard InChI is InChI=1S/C26H25N3O4/c1-3-18-11-12-27-20(13-18)15-25(30)28-22(14-19-7-5-4-6-8-19)26(31)29(2)21-9-10-23-24(16-21)33-17-32-23/h3-13,16,22H,1,14-15,17H2,2H3,(H,28,30)/t22-/m0/s1. The van der Waals surface area contributed by atoms with Crippen LogP contribution in [0.15, 0.2) is 73.4 Å². The molecule has 7 nitrogen and oxygen atoms in total. The molecule has 1 aliphatic heterocycles. The van der Waals surface area contributed by atoms with E-state index in [0.29, 0.717) is 29.3 Å². The second-order valence-electron chi connectivity index (χ2n) is 7.71. The van der Waals surface area contributed by atoms with Crippen LogP contribution in [0, 0.1) is 0 Å². The minimum absolute atomic E-state index is 0.0635. The lowest BCUT2D eigenvalue weighted by molar-refractivity contribution is -0.127. The molecule has 2 heterocycles. The zero-order valence-corrected chi connectivity index (χ0v) is 18.4. The maximum absolute atomic E-state index is 13.4. The average Bonchev–Trinajstić information content (AvgIpc) is 3.31. The zero-order valence-electron chi connectivity index (χ0n) is 18.4. The van der Waals surface area contributed by atoms with Crippen LogP contribution in [-0.2, 0) is 22.4 Å². The highest BCUT2D eigenvalue weighted by atomic mass is 16.7. The number of amides is 2. The normalized spacial score (nSPS) is 12.6. The Balaban J connectivity index is 1.52. The fourth-order valence-corrected chi connectivity index (χ4v) is 3.64. The Morgan fingerprint density at radius 1 is 1.12 bits per heavy atom. The number of rotatable bonds is 8. The summed E-state index contributed by atoms with van der Waals surface area (Å²) in [5.74, 6) is 0.711.